The average Bonchev–Trinajstić information content (AvgIpc) is 3.14. The number of rotatable bonds is 4. The van der Waals surface area contributed by atoms with Crippen molar-refractivity contribution in [1.29, 1.82) is 0 Å². The minimum absolute atomic E-state index is 0.0573. The SMILES string of the molecule is NC(=O)c1cc2ncnc(N3C[C@@H]4OC(=O)N[C@@H]4C3)c2cc1OC1CCC1. The van der Waals surface area contributed by atoms with Crippen molar-refractivity contribution in [2.75, 3.05) is 18.0 Å². The fraction of sp³-hybridized carbons (Fsp3) is 0.444. The number of nitrogens with zero attached hydrogens (tertiary/aromatic N) is 3. The van der Waals surface area contributed by atoms with Gasteiger partial charge in [0, 0.05) is 11.9 Å². The molecule has 3 heterocycles. The fourth-order valence-corrected chi connectivity index (χ4v) is 3.81. The first-order chi connectivity index (χ1) is 13.1. The predicted molar refractivity (Wildman–Crippen MR) is 95.7 cm³/mol. The van der Waals surface area contributed by atoms with E-state index in [9.17, 15) is 9.59 Å². The molecule has 1 aliphatic carbocycles. The van der Waals surface area contributed by atoms with Crippen molar-refractivity contribution < 1.29 is 19.1 Å². The van der Waals surface area contributed by atoms with E-state index in [-0.39, 0.29) is 24.3 Å². The number of amides is 2. The summed E-state index contributed by atoms with van der Waals surface area (Å²) in [6, 6.07) is 3.40. The highest BCUT2D eigenvalue weighted by Gasteiger charge is 2.42. The van der Waals surface area contributed by atoms with Crippen molar-refractivity contribution in [2.24, 2.45) is 5.73 Å². The number of hydrogen-bond donors (Lipinski definition) is 2. The Morgan fingerprint density at radius 1 is 1.30 bits per heavy atom. The molecule has 2 aromatic rings. The van der Waals surface area contributed by atoms with Gasteiger partial charge in [-0.2, -0.15) is 0 Å². The van der Waals surface area contributed by atoms with Gasteiger partial charge in [0.15, 0.2) is 0 Å². The summed E-state index contributed by atoms with van der Waals surface area (Å²) in [6.45, 7) is 1.14. The number of benzene rings is 1. The van der Waals surface area contributed by atoms with Gasteiger partial charge < -0.3 is 25.4 Å². The van der Waals surface area contributed by atoms with E-state index in [1.165, 1.54) is 6.33 Å². The van der Waals surface area contributed by atoms with Crippen LogP contribution in [0.4, 0.5) is 10.6 Å². The molecule has 2 aliphatic heterocycles. The van der Waals surface area contributed by atoms with Gasteiger partial charge in [-0.25, -0.2) is 14.8 Å². The van der Waals surface area contributed by atoms with Crippen molar-refractivity contribution in [2.45, 2.75) is 37.5 Å². The van der Waals surface area contributed by atoms with Crippen LogP contribution in [0.25, 0.3) is 10.9 Å². The third-order valence-corrected chi connectivity index (χ3v) is 5.45. The molecule has 1 aromatic carbocycles. The molecule has 27 heavy (non-hydrogen) atoms. The number of alkyl carbamates (subject to hydrolysis) is 1. The average molecular weight is 369 g/mol. The summed E-state index contributed by atoms with van der Waals surface area (Å²) in [5.74, 6) is 0.652. The molecule has 9 nitrogen and oxygen atoms in total. The lowest BCUT2D eigenvalue weighted by Crippen LogP contribution is -2.32. The minimum Gasteiger partial charge on any atom is -0.490 e. The second-order valence-corrected chi connectivity index (χ2v) is 7.20. The van der Waals surface area contributed by atoms with Crippen LogP contribution in [-0.2, 0) is 4.74 Å². The number of hydrogen-bond acceptors (Lipinski definition) is 7. The van der Waals surface area contributed by atoms with E-state index in [1.54, 1.807) is 12.1 Å². The zero-order chi connectivity index (χ0) is 18.5. The largest absolute Gasteiger partial charge is 0.490 e. The molecule has 0 unspecified atom stereocenters. The molecule has 5 rings (SSSR count). The van der Waals surface area contributed by atoms with Crippen molar-refractivity contribution in [3.8, 4) is 5.75 Å². The Morgan fingerprint density at radius 3 is 2.85 bits per heavy atom. The molecule has 0 radical (unpaired) electrons. The number of nitrogens with one attached hydrogen (secondary N) is 1. The van der Waals surface area contributed by atoms with Gasteiger partial charge >= 0.3 is 6.09 Å². The quantitative estimate of drug-likeness (QED) is 0.823. The van der Waals surface area contributed by atoms with Crippen LogP contribution in [0, 0.1) is 0 Å². The summed E-state index contributed by atoms with van der Waals surface area (Å²) in [5.41, 5.74) is 6.50. The maximum atomic E-state index is 11.9. The highest BCUT2D eigenvalue weighted by molar-refractivity contribution is 6.02. The standard InChI is InChI=1S/C18H19N5O4/c19-16(24)11-4-12-10(5-14(11)26-9-2-1-3-9)17(21-8-20-12)23-6-13-15(7-23)27-18(25)22-13/h4-5,8-9,13,15H,1-3,6-7H2,(H2,19,24)(H,22,25)/t13-,15+/m1/s1. The maximum Gasteiger partial charge on any atom is 0.407 e. The molecule has 9 heteroatoms. The summed E-state index contributed by atoms with van der Waals surface area (Å²) in [5, 5.41) is 3.59. The lowest BCUT2D eigenvalue weighted by Gasteiger charge is -2.27. The number of anilines is 1. The highest BCUT2D eigenvalue weighted by Crippen LogP contribution is 2.35. The van der Waals surface area contributed by atoms with Gasteiger partial charge in [0.25, 0.3) is 5.91 Å². The molecule has 1 saturated carbocycles. The molecule has 0 bridgehead atoms. The van der Waals surface area contributed by atoms with Gasteiger partial charge in [0.2, 0.25) is 0 Å². The fourth-order valence-electron chi connectivity index (χ4n) is 3.81. The molecule has 3 N–H and O–H groups in total. The lowest BCUT2D eigenvalue weighted by atomic mass is 9.96. The third-order valence-electron chi connectivity index (χ3n) is 5.45. The number of primary amides is 1. The normalized spacial score (nSPS) is 24.3. The molecule has 3 fully saturated rings. The van der Waals surface area contributed by atoms with Gasteiger partial charge in [0.05, 0.1) is 29.8 Å². The number of ether oxygens (including phenoxy) is 2. The van der Waals surface area contributed by atoms with E-state index in [1.807, 2.05) is 0 Å². The molecule has 3 aliphatic rings. The molecule has 140 valence electrons. The van der Waals surface area contributed by atoms with Crippen LogP contribution in [0.2, 0.25) is 0 Å². The second kappa shape index (κ2) is 5.97. The third kappa shape index (κ3) is 2.70. The van der Waals surface area contributed by atoms with E-state index in [2.05, 4.69) is 20.2 Å². The highest BCUT2D eigenvalue weighted by atomic mass is 16.6. The van der Waals surface area contributed by atoms with Gasteiger partial charge in [-0.3, -0.25) is 4.79 Å². The molecular weight excluding hydrogens is 350 g/mol. The zero-order valence-electron chi connectivity index (χ0n) is 14.6. The molecular formula is C18H19N5O4. The van der Waals surface area contributed by atoms with Gasteiger partial charge in [-0.15, -0.1) is 0 Å². The minimum atomic E-state index is -0.543. The summed E-state index contributed by atoms with van der Waals surface area (Å²) < 4.78 is 11.3. The van der Waals surface area contributed by atoms with Crippen LogP contribution in [0.1, 0.15) is 29.6 Å². The molecule has 2 amide bonds. The monoisotopic (exact) mass is 369 g/mol. The molecule has 1 aromatic heterocycles. The Labute approximate surface area is 154 Å². The van der Waals surface area contributed by atoms with E-state index >= 15 is 0 Å². The number of nitrogens with two attached hydrogens (primary N) is 1. The molecule has 0 spiro atoms. The Balaban J connectivity index is 1.54. The Bertz CT molecular complexity index is 929. The lowest BCUT2D eigenvalue weighted by molar-refractivity contribution is 0.0972. The van der Waals surface area contributed by atoms with E-state index < -0.39 is 5.91 Å². The van der Waals surface area contributed by atoms with Crippen molar-refractivity contribution in [1.82, 2.24) is 15.3 Å². The Kier molecular flexibility index (Phi) is 3.56. The number of carbonyl (C=O) groups excluding carboxylic acids is 2. The summed E-state index contributed by atoms with van der Waals surface area (Å²) >= 11 is 0. The topological polar surface area (TPSA) is 120 Å². The second-order valence-electron chi connectivity index (χ2n) is 7.20. The summed E-state index contributed by atoms with van der Waals surface area (Å²) in [7, 11) is 0. The van der Waals surface area contributed by atoms with Crippen LogP contribution in [-0.4, -0.2) is 53.3 Å². The van der Waals surface area contributed by atoms with Crippen molar-refractivity contribution in [3.05, 3.63) is 24.0 Å². The first kappa shape index (κ1) is 16.1. The number of aromatic nitrogens is 2. The van der Waals surface area contributed by atoms with Crippen LogP contribution in [0.5, 0.6) is 5.75 Å². The Morgan fingerprint density at radius 2 is 2.15 bits per heavy atom. The maximum absolute atomic E-state index is 11.9. The first-order valence-electron chi connectivity index (χ1n) is 9.06. The summed E-state index contributed by atoms with van der Waals surface area (Å²) in [4.78, 5) is 34.0. The van der Waals surface area contributed by atoms with E-state index in [0.717, 1.165) is 30.5 Å². The van der Waals surface area contributed by atoms with Crippen LogP contribution < -0.4 is 20.7 Å². The van der Waals surface area contributed by atoms with Crippen molar-refractivity contribution in [3.63, 3.8) is 0 Å². The smallest absolute Gasteiger partial charge is 0.407 e. The summed E-state index contributed by atoms with van der Waals surface area (Å²) in [6.07, 6.45) is 4.08. The van der Waals surface area contributed by atoms with Crippen LogP contribution in [0.3, 0.4) is 0 Å². The van der Waals surface area contributed by atoms with Gasteiger partial charge in [-0.05, 0) is 31.4 Å². The zero-order valence-corrected chi connectivity index (χ0v) is 14.6. The molecule has 2 saturated heterocycles. The predicted octanol–water partition coefficient (Wildman–Crippen LogP) is 0.957. The number of carbonyl (C=O) groups is 2. The van der Waals surface area contributed by atoms with E-state index in [0.29, 0.717) is 29.9 Å². The number of fused-ring (bicyclic) bond motifs is 2. The van der Waals surface area contributed by atoms with Crippen LogP contribution in [0.15, 0.2) is 18.5 Å². The Hall–Kier alpha value is -3.10. The van der Waals surface area contributed by atoms with Gasteiger partial charge in [0.1, 0.15) is 24.0 Å². The first-order valence-corrected chi connectivity index (χ1v) is 9.06. The molecule has 2 atom stereocenters. The van der Waals surface area contributed by atoms with Gasteiger partial charge in [-0.1, -0.05) is 0 Å². The van der Waals surface area contributed by atoms with Crippen molar-refractivity contribution >= 4 is 28.7 Å². The van der Waals surface area contributed by atoms with E-state index in [4.69, 9.17) is 15.2 Å². The van der Waals surface area contributed by atoms with Crippen LogP contribution >= 0.6 is 0 Å².